The molecule has 1 N–H and O–H groups in total. The van der Waals surface area contributed by atoms with Crippen LogP contribution in [0.2, 0.25) is 5.02 Å². The van der Waals surface area contributed by atoms with Crippen molar-refractivity contribution < 1.29 is 9.50 Å². The van der Waals surface area contributed by atoms with Crippen LogP contribution >= 0.6 is 11.6 Å². The van der Waals surface area contributed by atoms with Crippen LogP contribution < -0.4 is 0 Å². The van der Waals surface area contributed by atoms with Crippen LogP contribution in [0.4, 0.5) is 4.39 Å². The fourth-order valence-electron chi connectivity index (χ4n) is 1.48. The molecular weight excluding hydrogens is 227 g/mol. The monoisotopic (exact) mass is 242 g/mol. The zero-order chi connectivity index (χ0) is 12.1. The number of rotatable bonds is 5. The second kappa shape index (κ2) is 6.02. The van der Waals surface area contributed by atoms with Crippen molar-refractivity contribution in [2.45, 2.75) is 32.3 Å². The Morgan fingerprint density at radius 2 is 2.25 bits per heavy atom. The Hall–Kier alpha value is -0.860. The van der Waals surface area contributed by atoms with Gasteiger partial charge in [-0.15, -0.1) is 6.58 Å². The Bertz CT molecular complexity index is 376. The third kappa shape index (κ3) is 3.95. The van der Waals surface area contributed by atoms with E-state index in [2.05, 4.69) is 6.58 Å². The molecule has 0 saturated carbocycles. The van der Waals surface area contributed by atoms with Gasteiger partial charge in [-0.2, -0.15) is 0 Å². The molecule has 1 rings (SSSR count). The van der Waals surface area contributed by atoms with Crippen LogP contribution in [0.3, 0.4) is 0 Å². The van der Waals surface area contributed by atoms with Crippen molar-refractivity contribution in [2.75, 3.05) is 0 Å². The second-order valence-electron chi connectivity index (χ2n) is 4.07. The van der Waals surface area contributed by atoms with Crippen molar-refractivity contribution >= 4 is 11.6 Å². The van der Waals surface area contributed by atoms with E-state index in [-0.39, 0.29) is 5.02 Å². The van der Waals surface area contributed by atoms with Gasteiger partial charge in [0.2, 0.25) is 0 Å². The lowest BCUT2D eigenvalue weighted by Gasteiger charge is -2.11. The van der Waals surface area contributed by atoms with Gasteiger partial charge in [0, 0.05) is 6.42 Å². The first-order chi connectivity index (χ1) is 7.50. The molecule has 3 heteroatoms. The zero-order valence-corrected chi connectivity index (χ0v) is 10.1. The Morgan fingerprint density at radius 3 is 2.88 bits per heavy atom. The highest BCUT2D eigenvalue weighted by Gasteiger charge is 2.11. The number of aliphatic hydroxyl groups is 1. The third-order valence-electron chi connectivity index (χ3n) is 2.39. The van der Waals surface area contributed by atoms with Gasteiger partial charge in [-0.05, 0) is 31.4 Å². The lowest BCUT2D eigenvalue weighted by atomic mass is 10.0. The number of hydrogen-bond donors (Lipinski definition) is 1. The molecule has 1 unspecified atom stereocenters. The maximum absolute atomic E-state index is 13.5. The summed E-state index contributed by atoms with van der Waals surface area (Å²) in [5.41, 5.74) is 1.48. The first kappa shape index (κ1) is 13.2. The summed E-state index contributed by atoms with van der Waals surface area (Å²) in [6, 6.07) is 4.83. The Kier molecular flexibility index (Phi) is 4.97. The van der Waals surface area contributed by atoms with E-state index in [0.717, 1.165) is 12.0 Å². The molecule has 0 aliphatic rings. The maximum Gasteiger partial charge on any atom is 0.145 e. The molecule has 0 spiro atoms. The average molecular weight is 243 g/mol. The Morgan fingerprint density at radius 1 is 1.56 bits per heavy atom. The minimum Gasteiger partial charge on any atom is -0.393 e. The minimum absolute atomic E-state index is 0.101. The Balaban J connectivity index is 2.59. The van der Waals surface area contributed by atoms with Crippen LogP contribution in [0.15, 0.2) is 30.4 Å². The quantitative estimate of drug-likeness (QED) is 0.780. The zero-order valence-electron chi connectivity index (χ0n) is 9.34. The van der Waals surface area contributed by atoms with Crippen LogP contribution in [0.1, 0.15) is 25.3 Å². The SMILES string of the molecule is C=C(C)CCC(O)Cc1cccc(Cl)c1F. The first-order valence-corrected chi connectivity index (χ1v) is 5.64. The van der Waals surface area contributed by atoms with Gasteiger partial charge in [0.15, 0.2) is 0 Å². The van der Waals surface area contributed by atoms with Gasteiger partial charge < -0.3 is 5.11 Å². The standard InChI is InChI=1S/C13H16ClFO/c1-9(2)6-7-11(16)8-10-4-3-5-12(14)13(10)15/h3-5,11,16H,1,6-8H2,2H3. The first-order valence-electron chi connectivity index (χ1n) is 5.26. The molecule has 0 bridgehead atoms. The second-order valence-corrected chi connectivity index (χ2v) is 4.47. The van der Waals surface area contributed by atoms with Crippen molar-refractivity contribution in [3.8, 4) is 0 Å². The van der Waals surface area contributed by atoms with E-state index in [4.69, 9.17) is 11.6 Å². The van der Waals surface area contributed by atoms with Crippen molar-refractivity contribution in [1.82, 2.24) is 0 Å². The van der Waals surface area contributed by atoms with Crippen molar-refractivity contribution in [3.63, 3.8) is 0 Å². The van der Waals surface area contributed by atoms with Crippen LogP contribution in [0.25, 0.3) is 0 Å². The molecule has 1 aromatic rings. The molecule has 0 aliphatic heterocycles. The summed E-state index contributed by atoms with van der Waals surface area (Å²) < 4.78 is 13.5. The van der Waals surface area contributed by atoms with Gasteiger partial charge >= 0.3 is 0 Å². The van der Waals surface area contributed by atoms with Gasteiger partial charge in [-0.3, -0.25) is 0 Å². The van der Waals surface area contributed by atoms with Gasteiger partial charge in [0.1, 0.15) is 5.82 Å². The summed E-state index contributed by atoms with van der Waals surface area (Å²) in [5, 5.41) is 9.82. The average Bonchev–Trinajstić information content (AvgIpc) is 2.22. The third-order valence-corrected chi connectivity index (χ3v) is 2.68. The number of halogens is 2. The van der Waals surface area contributed by atoms with E-state index in [1.165, 1.54) is 6.07 Å². The molecule has 16 heavy (non-hydrogen) atoms. The largest absolute Gasteiger partial charge is 0.393 e. The molecule has 0 aromatic heterocycles. The van der Waals surface area contributed by atoms with Gasteiger partial charge in [0.05, 0.1) is 11.1 Å². The summed E-state index contributed by atoms with van der Waals surface area (Å²) in [4.78, 5) is 0. The predicted octanol–water partition coefficient (Wildman–Crippen LogP) is 3.74. The molecule has 0 fully saturated rings. The van der Waals surface area contributed by atoms with Gasteiger partial charge in [-0.25, -0.2) is 4.39 Å². The molecule has 0 heterocycles. The highest BCUT2D eigenvalue weighted by atomic mass is 35.5. The number of allylic oxidation sites excluding steroid dienone is 1. The van der Waals surface area contributed by atoms with E-state index in [9.17, 15) is 9.50 Å². The molecule has 0 aliphatic carbocycles. The van der Waals surface area contributed by atoms with Crippen molar-refractivity contribution in [3.05, 3.63) is 46.8 Å². The summed E-state index contributed by atoms with van der Waals surface area (Å²) in [6.07, 6.45) is 1.09. The lowest BCUT2D eigenvalue weighted by Crippen LogP contribution is -2.11. The van der Waals surface area contributed by atoms with Crippen LogP contribution in [0, 0.1) is 5.82 Å². The fraction of sp³-hybridized carbons (Fsp3) is 0.385. The lowest BCUT2D eigenvalue weighted by molar-refractivity contribution is 0.164. The van der Waals surface area contributed by atoms with Crippen molar-refractivity contribution in [2.24, 2.45) is 0 Å². The minimum atomic E-state index is -0.551. The van der Waals surface area contributed by atoms with E-state index in [1.807, 2.05) is 6.92 Å². The summed E-state index contributed by atoms with van der Waals surface area (Å²) in [5.74, 6) is -0.432. The number of benzene rings is 1. The highest BCUT2D eigenvalue weighted by molar-refractivity contribution is 6.30. The smallest absolute Gasteiger partial charge is 0.145 e. The molecule has 88 valence electrons. The van der Waals surface area contributed by atoms with Gasteiger partial charge in [0.25, 0.3) is 0 Å². The van der Waals surface area contributed by atoms with E-state index < -0.39 is 11.9 Å². The highest BCUT2D eigenvalue weighted by Crippen LogP contribution is 2.20. The fourth-order valence-corrected chi connectivity index (χ4v) is 1.67. The molecular formula is C13H16ClFO. The van der Waals surface area contributed by atoms with Crippen molar-refractivity contribution in [1.29, 1.82) is 0 Å². The number of hydrogen-bond acceptors (Lipinski definition) is 1. The predicted molar refractivity (Wildman–Crippen MR) is 65.2 cm³/mol. The summed E-state index contributed by atoms with van der Waals surface area (Å²) >= 11 is 5.65. The molecule has 1 nitrogen and oxygen atoms in total. The molecule has 0 radical (unpaired) electrons. The van der Waals surface area contributed by atoms with E-state index >= 15 is 0 Å². The van der Waals surface area contributed by atoms with Crippen LogP contribution in [-0.4, -0.2) is 11.2 Å². The molecule has 1 atom stereocenters. The molecule has 1 aromatic carbocycles. The van der Waals surface area contributed by atoms with Gasteiger partial charge in [-0.1, -0.05) is 29.3 Å². The van der Waals surface area contributed by atoms with Crippen LogP contribution in [0.5, 0.6) is 0 Å². The maximum atomic E-state index is 13.5. The normalized spacial score (nSPS) is 12.5. The Labute approximate surface area is 101 Å². The summed E-state index contributed by atoms with van der Waals surface area (Å²) in [6.45, 7) is 5.67. The summed E-state index contributed by atoms with van der Waals surface area (Å²) in [7, 11) is 0. The van der Waals surface area contributed by atoms with Crippen LogP contribution in [-0.2, 0) is 6.42 Å². The number of aliphatic hydroxyl groups excluding tert-OH is 1. The van der Waals surface area contributed by atoms with E-state index in [0.29, 0.717) is 18.4 Å². The van der Waals surface area contributed by atoms with E-state index in [1.54, 1.807) is 12.1 Å². The molecule has 0 amide bonds. The topological polar surface area (TPSA) is 20.2 Å². The molecule has 0 saturated heterocycles.